The lowest BCUT2D eigenvalue weighted by atomic mass is 10.1. The van der Waals surface area contributed by atoms with Gasteiger partial charge in [-0.2, -0.15) is 5.26 Å². The van der Waals surface area contributed by atoms with E-state index in [-0.39, 0.29) is 5.92 Å². The highest BCUT2D eigenvalue weighted by Crippen LogP contribution is 2.27. The molecule has 1 aliphatic rings. The van der Waals surface area contributed by atoms with Gasteiger partial charge in [-0.25, -0.2) is 0 Å². The van der Waals surface area contributed by atoms with Crippen molar-refractivity contribution in [2.45, 2.75) is 25.3 Å². The normalized spacial score (nSPS) is 25.6. The van der Waals surface area contributed by atoms with Gasteiger partial charge in [0.1, 0.15) is 0 Å². The average molecular weight is 187 g/mol. The third kappa shape index (κ3) is 2.02. The molecule has 0 spiro atoms. The van der Waals surface area contributed by atoms with Crippen LogP contribution in [0.2, 0.25) is 0 Å². The monoisotopic (exact) mass is 187 g/mol. The molecule has 1 aromatic heterocycles. The van der Waals surface area contributed by atoms with Gasteiger partial charge in [0.2, 0.25) is 0 Å². The van der Waals surface area contributed by atoms with E-state index in [1.54, 1.807) is 6.20 Å². The lowest BCUT2D eigenvalue weighted by molar-refractivity contribution is 0.683. The van der Waals surface area contributed by atoms with Crippen LogP contribution >= 0.6 is 0 Å². The first-order valence-corrected chi connectivity index (χ1v) is 4.94. The van der Waals surface area contributed by atoms with Crippen molar-refractivity contribution in [1.82, 2.24) is 4.98 Å². The molecule has 1 saturated carbocycles. The molecule has 1 aliphatic carbocycles. The summed E-state index contributed by atoms with van der Waals surface area (Å²) >= 11 is 0. The number of nitriles is 1. The summed E-state index contributed by atoms with van der Waals surface area (Å²) in [6.45, 7) is 0. The fraction of sp³-hybridized carbons (Fsp3) is 0.455. The summed E-state index contributed by atoms with van der Waals surface area (Å²) in [4.78, 5) is 4.04. The lowest BCUT2D eigenvalue weighted by Crippen LogP contribution is -2.15. The second-order valence-corrected chi connectivity index (χ2v) is 3.72. The van der Waals surface area contributed by atoms with E-state index in [0.717, 1.165) is 24.9 Å². The molecule has 2 rings (SSSR count). The highest BCUT2D eigenvalue weighted by molar-refractivity contribution is 5.41. The van der Waals surface area contributed by atoms with Crippen LogP contribution in [0.1, 0.15) is 19.3 Å². The van der Waals surface area contributed by atoms with Crippen LogP contribution in [0.5, 0.6) is 0 Å². The molecule has 0 aliphatic heterocycles. The Morgan fingerprint density at radius 3 is 3.07 bits per heavy atom. The van der Waals surface area contributed by atoms with Crippen LogP contribution in [0.3, 0.4) is 0 Å². The van der Waals surface area contributed by atoms with Gasteiger partial charge in [0.15, 0.2) is 0 Å². The smallest absolute Gasteiger partial charge is 0.0656 e. The number of anilines is 1. The van der Waals surface area contributed by atoms with Crippen LogP contribution in [0.25, 0.3) is 0 Å². The molecule has 0 amide bonds. The molecule has 1 N–H and O–H groups in total. The maximum Gasteiger partial charge on any atom is 0.0656 e. The third-order valence-corrected chi connectivity index (χ3v) is 2.65. The zero-order chi connectivity index (χ0) is 9.80. The highest BCUT2D eigenvalue weighted by Gasteiger charge is 2.23. The van der Waals surface area contributed by atoms with E-state index in [2.05, 4.69) is 16.4 Å². The van der Waals surface area contributed by atoms with Gasteiger partial charge in [-0.3, -0.25) is 4.98 Å². The van der Waals surface area contributed by atoms with Crippen LogP contribution < -0.4 is 5.32 Å². The number of hydrogen-bond donors (Lipinski definition) is 1. The van der Waals surface area contributed by atoms with Crippen molar-refractivity contribution in [1.29, 1.82) is 5.26 Å². The Labute approximate surface area is 83.8 Å². The van der Waals surface area contributed by atoms with Gasteiger partial charge in [0.05, 0.1) is 11.8 Å². The van der Waals surface area contributed by atoms with Crippen molar-refractivity contribution in [2.75, 3.05) is 5.32 Å². The molecule has 0 saturated heterocycles. The number of aromatic nitrogens is 1. The Bertz CT molecular complexity index is 328. The predicted molar refractivity (Wildman–Crippen MR) is 54.6 cm³/mol. The zero-order valence-electron chi connectivity index (χ0n) is 7.98. The minimum absolute atomic E-state index is 0.240. The van der Waals surface area contributed by atoms with E-state index in [1.165, 1.54) is 0 Å². The van der Waals surface area contributed by atoms with E-state index in [0.29, 0.717) is 6.04 Å². The van der Waals surface area contributed by atoms with Gasteiger partial charge >= 0.3 is 0 Å². The van der Waals surface area contributed by atoms with Gasteiger partial charge in [-0.15, -0.1) is 0 Å². The van der Waals surface area contributed by atoms with Crippen LogP contribution in [0, 0.1) is 17.2 Å². The molecule has 14 heavy (non-hydrogen) atoms. The Balaban J connectivity index is 1.91. The van der Waals surface area contributed by atoms with Crippen LogP contribution in [0.4, 0.5) is 5.69 Å². The topological polar surface area (TPSA) is 48.7 Å². The lowest BCUT2D eigenvalue weighted by Gasteiger charge is -2.12. The summed E-state index contributed by atoms with van der Waals surface area (Å²) in [7, 11) is 0. The third-order valence-electron chi connectivity index (χ3n) is 2.65. The van der Waals surface area contributed by atoms with Gasteiger partial charge in [0, 0.05) is 24.4 Å². The van der Waals surface area contributed by atoms with Gasteiger partial charge in [0.25, 0.3) is 0 Å². The van der Waals surface area contributed by atoms with Crippen molar-refractivity contribution >= 4 is 5.69 Å². The van der Waals surface area contributed by atoms with Crippen molar-refractivity contribution in [3.8, 4) is 6.07 Å². The number of rotatable bonds is 2. The summed E-state index contributed by atoms with van der Waals surface area (Å²) < 4.78 is 0. The maximum absolute atomic E-state index is 8.76. The van der Waals surface area contributed by atoms with Gasteiger partial charge in [-0.1, -0.05) is 0 Å². The van der Waals surface area contributed by atoms with Crippen molar-refractivity contribution < 1.29 is 0 Å². The minimum Gasteiger partial charge on any atom is -0.381 e. The van der Waals surface area contributed by atoms with E-state index >= 15 is 0 Å². The molecule has 3 nitrogen and oxygen atoms in total. The first-order valence-electron chi connectivity index (χ1n) is 4.94. The molecular weight excluding hydrogens is 174 g/mol. The molecule has 3 heteroatoms. The summed E-state index contributed by atoms with van der Waals surface area (Å²) in [5.41, 5.74) is 1.05. The molecule has 1 heterocycles. The molecule has 1 fully saturated rings. The SMILES string of the molecule is N#CC1CCC(Nc2cccnc2)C1. The van der Waals surface area contributed by atoms with Crippen LogP contribution in [-0.4, -0.2) is 11.0 Å². The fourth-order valence-electron chi connectivity index (χ4n) is 1.91. The van der Waals surface area contributed by atoms with Crippen LogP contribution in [0.15, 0.2) is 24.5 Å². The fourth-order valence-corrected chi connectivity index (χ4v) is 1.91. The molecule has 2 unspecified atom stereocenters. The molecule has 0 aromatic carbocycles. The molecule has 72 valence electrons. The van der Waals surface area contributed by atoms with Gasteiger partial charge < -0.3 is 5.32 Å². The number of hydrogen-bond acceptors (Lipinski definition) is 3. The first-order chi connectivity index (χ1) is 6.88. The molecule has 0 bridgehead atoms. The Morgan fingerprint density at radius 1 is 1.50 bits per heavy atom. The number of nitrogens with one attached hydrogen (secondary N) is 1. The predicted octanol–water partition coefficient (Wildman–Crippen LogP) is 2.19. The highest BCUT2D eigenvalue weighted by atomic mass is 14.9. The second-order valence-electron chi connectivity index (χ2n) is 3.72. The Morgan fingerprint density at radius 2 is 2.43 bits per heavy atom. The van der Waals surface area contributed by atoms with Crippen molar-refractivity contribution in [3.05, 3.63) is 24.5 Å². The van der Waals surface area contributed by atoms with Crippen molar-refractivity contribution in [2.24, 2.45) is 5.92 Å². The zero-order valence-corrected chi connectivity index (χ0v) is 7.98. The first kappa shape index (κ1) is 9.01. The minimum atomic E-state index is 0.240. The average Bonchev–Trinajstić information content (AvgIpc) is 2.67. The second kappa shape index (κ2) is 4.10. The van der Waals surface area contributed by atoms with E-state index < -0.39 is 0 Å². The number of pyridine rings is 1. The largest absolute Gasteiger partial charge is 0.381 e. The van der Waals surface area contributed by atoms with Crippen molar-refractivity contribution in [3.63, 3.8) is 0 Å². The summed E-state index contributed by atoms with van der Waals surface area (Å²) in [6, 6.07) is 6.69. The van der Waals surface area contributed by atoms with Crippen LogP contribution in [-0.2, 0) is 0 Å². The molecule has 2 atom stereocenters. The maximum atomic E-state index is 8.76. The van der Waals surface area contributed by atoms with E-state index in [4.69, 9.17) is 5.26 Å². The molecule has 0 radical (unpaired) electrons. The summed E-state index contributed by atoms with van der Waals surface area (Å²) in [6.07, 6.45) is 6.66. The summed E-state index contributed by atoms with van der Waals surface area (Å²) in [5.74, 6) is 0.240. The standard InChI is InChI=1S/C11H13N3/c12-7-9-3-4-10(6-9)14-11-2-1-5-13-8-11/h1-2,5,8-10,14H,3-4,6H2. The summed E-state index contributed by atoms with van der Waals surface area (Å²) in [5, 5.41) is 12.2. The van der Waals surface area contributed by atoms with E-state index in [9.17, 15) is 0 Å². The number of nitrogens with zero attached hydrogens (tertiary/aromatic N) is 2. The van der Waals surface area contributed by atoms with Gasteiger partial charge in [-0.05, 0) is 31.4 Å². The molecule has 1 aromatic rings. The Kier molecular flexibility index (Phi) is 2.64. The quantitative estimate of drug-likeness (QED) is 0.772. The van der Waals surface area contributed by atoms with E-state index in [1.807, 2.05) is 18.3 Å². The Hall–Kier alpha value is -1.56. The molecular formula is C11H13N3.